The maximum atomic E-state index is 12.8. The lowest BCUT2D eigenvalue weighted by atomic mass is 9.97. The first kappa shape index (κ1) is 19.6. The van der Waals surface area contributed by atoms with E-state index in [0.29, 0.717) is 27.8 Å². The lowest BCUT2D eigenvalue weighted by Crippen LogP contribution is -2.32. The van der Waals surface area contributed by atoms with E-state index >= 15 is 0 Å². The molecule has 0 unspecified atom stereocenters. The van der Waals surface area contributed by atoms with Crippen molar-refractivity contribution in [3.05, 3.63) is 57.6 Å². The van der Waals surface area contributed by atoms with Gasteiger partial charge < -0.3 is 4.90 Å². The van der Waals surface area contributed by atoms with Gasteiger partial charge in [0, 0.05) is 17.9 Å². The van der Waals surface area contributed by atoms with Crippen LogP contribution in [0.2, 0.25) is 10.0 Å². The molecule has 0 atom stereocenters. The monoisotopic (exact) mass is 438 g/mol. The summed E-state index contributed by atoms with van der Waals surface area (Å²) < 4.78 is 27.8. The molecular weight excluding hydrogens is 419 g/mol. The van der Waals surface area contributed by atoms with Gasteiger partial charge in [0.1, 0.15) is 0 Å². The molecule has 1 spiro atoms. The number of hydrogen-bond donors (Lipinski definition) is 1. The summed E-state index contributed by atoms with van der Waals surface area (Å²) in [6, 6.07) is 10.1. The largest absolute Gasteiger partial charge is 0.311 e. The van der Waals surface area contributed by atoms with Gasteiger partial charge in [0.25, 0.3) is 0 Å². The molecule has 1 aliphatic carbocycles. The molecule has 8 heteroatoms. The van der Waals surface area contributed by atoms with E-state index in [1.54, 1.807) is 24.3 Å². The van der Waals surface area contributed by atoms with E-state index in [0.717, 1.165) is 30.5 Å². The van der Waals surface area contributed by atoms with Crippen LogP contribution in [0.3, 0.4) is 0 Å². The van der Waals surface area contributed by atoms with Gasteiger partial charge in [-0.1, -0.05) is 36.2 Å². The third kappa shape index (κ3) is 3.38. The van der Waals surface area contributed by atoms with Crippen molar-refractivity contribution in [2.75, 3.05) is 16.2 Å². The van der Waals surface area contributed by atoms with Crippen LogP contribution in [0, 0.1) is 0 Å². The van der Waals surface area contributed by atoms with Crippen LogP contribution < -0.4 is 9.62 Å². The predicted octanol–water partition coefficient (Wildman–Crippen LogP) is 4.72. The molecule has 4 rings (SSSR count). The van der Waals surface area contributed by atoms with Gasteiger partial charge in [-0.25, -0.2) is 8.42 Å². The van der Waals surface area contributed by atoms with Gasteiger partial charge in [-0.05, 0) is 60.7 Å². The van der Waals surface area contributed by atoms with Gasteiger partial charge >= 0.3 is 0 Å². The molecule has 1 saturated carbocycles. The molecule has 0 radical (unpaired) electrons. The van der Waals surface area contributed by atoms with Gasteiger partial charge in [-0.2, -0.15) is 0 Å². The van der Waals surface area contributed by atoms with E-state index in [1.165, 1.54) is 0 Å². The maximum Gasteiger partial charge on any atom is 0.237 e. The van der Waals surface area contributed by atoms with Crippen LogP contribution >= 0.6 is 23.2 Å². The second-order valence-electron chi connectivity index (χ2n) is 7.38. The zero-order valence-electron chi connectivity index (χ0n) is 15.3. The van der Waals surface area contributed by atoms with E-state index in [2.05, 4.69) is 4.72 Å². The summed E-state index contributed by atoms with van der Waals surface area (Å²) in [5, 5.41) is 0.697. The molecule has 0 saturated heterocycles. The Hall–Kier alpha value is -1.76. The Kier molecular flexibility index (Phi) is 4.84. The first-order valence-electron chi connectivity index (χ1n) is 9.17. The highest BCUT2D eigenvalue weighted by Gasteiger charge is 2.58. The van der Waals surface area contributed by atoms with Crippen LogP contribution in [0.5, 0.6) is 0 Å². The summed E-state index contributed by atoms with van der Waals surface area (Å²) in [5.41, 5.74) is 2.40. The van der Waals surface area contributed by atoms with Crippen molar-refractivity contribution in [2.24, 2.45) is 0 Å². The number of carbonyl (C=O) groups is 1. The SMILES string of the molecule is CCCN1C(=O)C2(CC2)c2cc(NS(=O)(=O)Cc3ccc(Cl)c(Cl)c3)ccc21. The molecule has 5 nitrogen and oxygen atoms in total. The summed E-state index contributed by atoms with van der Waals surface area (Å²) in [6.07, 6.45) is 2.51. The highest BCUT2D eigenvalue weighted by Crippen LogP contribution is 2.57. The molecule has 1 amide bonds. The Morgan fingerprint density at radius 3 is 2.50 bits per heavy atom. The lowest BCUT2D eigenvalue weighted by Gasteiger charge is -2.17. The van der Waals surface area contributed by atoms with Crippen molar-refractivity contribution in [2.45, 2.75) is 37.4 Å². The number of halogens is 2. The molecule has 1 heterocycles. The van der Waals surface area contributed by atoms with Crippen molar-refractivity contribution in [1.82, 2.24) is 0 Å². The second-order valence-corrected chi connectivity index (χ2v) is 9.92. The topological polar surface area (TPSA) is 66.5 Å². The molecular formula is C20H20Cl2N2O3S. The number of hydrogen-bond acceptors (Lipinski definition) is 3. The predicted molar refractivity (Wildman–Crippen MR) is 113 cm³/mol. The average molecular weight is 439 g/mol. The summed E-state index contributed by atoms with van der Waals surface area (Å²) in [6.45, 7) is 2.71. The lowest BCUT2D eigenvalue weighted by molar-refractivity contribution is -0.120. The van der Waals surface area contributed by atoms with E-state index in [1.807, 2.05) is 24.0 Å². The fourth-order valence-corrected chi connectivity index (χ4v) is 5.32. The van der Waals surface area contributed by atoms with Crippen LogP contribution in [0.4, 0.5) is 11.4 Å². The molecule has 0 bridgehead atoms. The Bertz CT molecular complexity index is 1070. The van der Waals surface area contributed by atoms with Crippen molar-refractivity contribution >= 4 is 50.5 Å². The number of nitrogens with one attached hydrogen (secondary N) is 1. The highest BCUT2D eigenvalue weighted by molar-refractivity contribution is 7.91. The van der Waals surface area contributed by atoms with Crippen molar-refractivity contribution in [1.29, 1.82) is 0 Å². The maximum absolute atomic E-state index is 12.8. The molecule has 148 valence electrons. The molecule has 1 aliphatic heterocycles. The third-order valence-electron chi connectivity index (χ3n) is 5.27. The van der Waals surface area contributed by atoms with Crippen LogP contribution in [-0.2, 0) is 26.0 Å². The highest BCUT2D eigenvalue weighted by atomic mass is 35.5. The van der Waals surface area contributed by atoms with E-state index in [4.69, 9.17) is 23.2 Å². The normalized spacial score (nSPS) is 17.1. The third-order valence-corrected chi connectivity index (χ3v) is 7.27. The zero-order chi connectivity index (χ0) is 20.1. The average Bonchev–Trinajstić information content (AvgIpc) is 3.40. The number of sulfonamides is 1. The minimum atomic E-state index is -3.64. The second kappa shape index (κ2) is 6.94. The smallest absolute Gasteiger partial charge is 0.237 e. The minimum Gasteiger partial charge on any atom is -0.311 e. The number of carbonyl (C=O) groups excluding carboxylic acids is 1. The molecule has 28 heavy (non-hydrogen) atoms. The molecule has 2 aliphatic rings. The molecule has 0 aromatic heterocycles. The van der Waals surface area contributed by atoms with E-state index in [-0.39, 0.29) is 11.7 Å². The van der Waals surface area contributed by atoms with Crippen LogP contribution in [0.15, 0.2) is 36.4 Å². The summed E-state index contributed by atoms with van der Waals surface area (Å²) in [5.74, 6) is -0.0762. The van der Waals surface area contributed by atoms with Crippen molar-refractivity contribution in [3.8, 4) is 0 Å². The zero-order valence-corrected chi connectivity index (χ0v) is 17.7. The van der Waals surface area contributed by atoms with Gasteiger partial charge in [0.15, 0.2) is 0 Å². The number of nitrogens with zero attached hydrogens (tertiary/aromatic N) is 1. The van der Waals surface area contributed by atoms with E-state index in [9.17, 15) is 13.2 Å². The summed E-state index contributed by atoms with van der Waals surface area (Å²) in [7, 11) is -3.64. The standard InChI is InChI=1S/C20H20Cl2N2O3S/c1-2-9-24-18-6-4-14(11-15(18)20(7-8-20)19(24)25)23-28(26,27)12-13-3-5-16(21)17(22)10-13/h3-6,10-11,23H,2,7-9,12H2,1H3. The van der Waals surface area contributed by atoms with Gasteiger partial charge in [-0.3, -0.25) is 9.52 Å². The molecule has 2 aromatic carbocycles. The fourth-order valence-electron chi connectivity index (χ4n) is 3.82. The van der Waals surface area contributed by atoms with Crippen LogP contribution in [0.25, 0.3) is 0 Å². The minimum absolute atomic E-state index is 0.139. The van der Waals surface area contributed by atoms with Crippen molar-refractivity contribution in [3.63, 3.8) is 0 Å². The first-order valence-corrected chi connectivity index (χ1v) is 11.6. The van der Waals surface area contributed by atoms with Crippen LogP contribution in [-0.4, -0.2) is 20.9 Å². The number of anilines is 2. The Balaban J connectivity index is 1.59. The van der Waals surface area contributed by atoms with Gasteiger partial charge in [0.05, 0.1) is 21.2 Å². The van der Waals surface area contributed by atoms with E-state index < -0.39 is 15.4 Å². The Labute approximate surface area is 174 Å². The summed E-state index contributed by atoms with van der Waals surface area (Å²) in [4.78, 5) is 14.6. The quantitative estimate of drug-likeness (QED) is 0.708. The van der Waals surface area contributed by atoms with Crippen molar-refractivity contribution < 1.29 is 13.2 Å². The van der Waals surface area contributed by atoms with Gasteiger partial charge in [0.2, 0.25) is 15.9 Å². The molecule has 2 aromatic rings. The number of rotatable bonds is 6. The summed E-state index contributed by atoms with van der Waals surface area (Å²) >= 11 is 11.9. The van der Waals surface area contributed by atoms with Gasteiger partial charge in [-0.15, -0.1) is 0 Å². The number of amides is 1. The first-order chi connectivity index (χ1) is 13.3. The number of benzene rings is 2. The van der Waals surface area contributed by atoms with Crippen LogP contribution in [0.1, 0.15) is 37.3 Å². The number of fused-ring (bicyclic) bond motifs is 2. The molecule has 1 N–H and O–H groups in total. The Morgan fingerprint density at radius 1 is 1.11 bits per heavy atom. The molecule has 1 fully saturated rings. The Morgan fingerprint density at radius 2 is 1.86 bits per heavy atom. The fraction of sp³-hybridized carbons (Fsp3) is 0.350.